The molecule has 0 spiro atoms. The van der Waals surface area contributed by atoms with Gasteiger partial charge in [-0.1, -0.05) is 0 Å². The predicted octanol–water partition coefficient (Wildman–Crippen LogP) is 0.537. The normalized spacial score (nSPS) is 19.8. The summed E-state index contributed by atoms with van der Waals surface area (Å²) < 4.78 is 7.62. The maximum Gasteiger partial charge on any atom is 0.272 e. The van der Waals surface area contributed by atoms with Gasteiger partial charge < -0.3 is 14.6 Å². The first kappa shape index (κ1) is 12.9. The lowest BCUT2D eigenvalue weighted by Crippen LogP contribution is -2.38. The number of H-pyrrole nitrogens is 1. The van der Waals surface area contributed by atoms with Gasteiger partial charge in [0.2, 0.25) is 0 Å². The molecule has 1 saturated heterocycles. The summed E-state index contributed by atoms with van der Waals surface area (Å²) in [5.41, 5.74) is 0.518. The minimum atomic E-state index is -0.0377. The van der Waals surface area contributed by atoms with Crippen LogP contribution in [0.25, 0.3) is 0 Å². The van der Waals surface area contributed by atoms with Gasteiger partial charge in [-0.25, -0.2) is 4.98 Å². The Bertz CT molecular complexity index is 537. The Morgan fingerprint density at radius 2 is 2.50 bits per heavy atom. The number of aromatic amines is 1. The van der Waals surface area contributed by atoms with Gasteiger partial charge in [0.15, 0.2) is 0 Å². The van der Waals surface area contributed by atoms with Gasteiger partial charge in [0, 0.05) is 32.1 Å². The SMILES string of the molecule is O=C(c1cnc[nH]1)N1CCCO[C@H](Cn2cccn2)C1. The molecule has 0 unspecified atom stereocenters. The van der Waals surface area contributed by atoms with Crippen molar-refractivity contribution in [3.63, 3.8) is 0 Å². The van der Waals surface area contributed by atoms with Crippen LogP contribution in [0.15, 0.2) is 31.0 Å². The summed E-state index contributed by atoms with van der Waals surface area (Å²) in [5.74, 6) is -0.0292. The topological polar surface area (TPSA) is 76.0 Å². The molecule has 0 aromatic carbocycles. The number of ether oxygens (including phenoxy) is 1. The van der Waals surface area contributed by atoms with Crippen LogP contribution in [0.3, 0.4) is 0 Å². The summed E-state index contributed by atoms with van der Waals surface area (Å²) in [6.07, 6.45) is 7.51. The van der Waals surface area contributed by atoms with Crippen LogP contribution in [0.1, 0.15) is 16.9 Å². The van der Waals surface area contributed by atoms with Crippen LogP contribution in [-0.2, 0) is 11.3 Å². The molecule has 2 aromatic heterocycles. The Labute approximate surface area is 116 Å². The highest BCUT2D eigenvalue weighted by molar-refractivity contribution is 5.92. The van der Waals surface area contributed by atoms with Crippen LogP contribution in [0.2, 0.25) is 0 Å². The van der Waals surface area contributed by atoms with Crippen molar-refractivity contribution in [2.24, 2.45) is 0 Å². The average molecular weight is 275 g/mol. The Hall–Kier alpha value is -2.15. The van der Waals surface area contributed by atoms with Gasteiger partial charge in [-0.05, 0) is 12.5 Å². The molecule has 0 bridgehead atoms. The van der Waals surface area contributed by atoms with E-state index in [2.05, 4.69) is 15.1 Å². The van der Waals surface area contributed by atoms with E-state index in [-0.39, 0.29) is 12.0 Å². The summed E-state index contributed by atoms with van der Waals surface area (Å²) in [6.45, 7) is 2.59. The van der Waals surface area contributed by atoms with Crippen molar-refractivity contribution in [1.29, 1.82) is 0 Å². The van der Waals surface area contributed by atoms with Crippen LogP contribution in [0.4, 0.5) is 0 Å². The minimum absolute atomic E-state index is 0.0292. The lowest BCUT2D eigenvalue weighted by molar-refractivity contribution is 0.0366. The third-order valence-electron chi connectivity index (χ3n) is 3.32. The number of amides is 1. The molecular formula is C13H17N5O2. The zero-order chi connectivity index (χ0) is 13.8. The number of imidazole rings is 1. The standard InChI is InChI=1S/C13H17N5O2/c19-13(12-7-14-10-15-12)17-4-2-6-20-11(8-17)9-18-5-1-3-16-18/h1,3,5,7,10-11H,2,4,6,8-9H2,(H,14,15)/t11-/m0/s1. The molecule has 7 nitrogen and oxygen atoms in total. The Kier molecular flexibility index (Phi) is 3.78. The van der Waals surface area contributed by atoms with Crippen LogP contribution in [0.5, 0.6) is 0 Å². The minimum Gasteiger partial charge on any atom is -0.374 e. The zero-order valence-electron chi connectivity index (χ0n) is 11.1. The van der Waals surface area contributed by atoms with E-state index in [4.69, 9.17) is 4.74 Å². The third kappa shape index (κ3) is 2.88. The van der Waals surface area contributed by atoms with Crippen molar-refractivity contribution in [1.82, 2.24) is 24.6 Å². The summed E-state index contributed by atoms with van der Waals surface area (Å²) in [4.78, 5) is 20.9. The van der Waals surface area contributed by atoms with Gasteiger partial charge in [0.05, 0.1) is 25.2 Å². The summed E-state index contributed by atoms with van der Waals surface area (Å²) in [5, 5.41) is 4.18. The monoisotopic (exact) mass is 275 g/mol. The number of nitrogens with one attached hydrogen (secondary N) is 1. The van der Waals surface area contributed by atoms with Gasteiger partial charge in [0.1, 0.15) is 5.69 Å². The van der Waals surface area contributed by atoms with Crippen molar-refractivity contribution >= 4 is 5.91 Å². The van der Waals surface area contributed by atoms with Gasteiger partial charge in [-0.2, -0.15) is 5.10 Å². The first-order valence-electron chi connectivity index (χ1n) is 6.69. The van der Waals surface area contributed by atoms with Gasteiger partial charge in [-0.3, -0.25) is 9.48 Å². The highest BCUT2D eigenvalue weighted by Crippen LogP contribution is 2.11. The van der Waals surface area contributed by atoms with Crippen molar-refractivity contribution in [2.75, 3.05) is 19.7 Å². The number of hydrogen-bond acceptors (Lipinski definition) is 4. The van der Waals surface area contributed by atoms with Crippen LogP contribution in [-0.4, -0.2) is 56.4 Å². The molecule has 2 aromatic rings. The summed E-state index contributed by atoms with van der Waals surface area (Å²) in [7, 11) is 0. The second-order valence-electron chi connectivity index (χ2n) is 4.79. The van der Waals surface area contributed by atoms with Gasteiger partial charge in [0.25, 0.3) is 5.91 Å². The molecule has 3 heterocycles. The van der Waals surface area contributed by atoms with Crippen molar-refractivity contribution < 1.29 is 9.53 Å². The quantitative estimate of drug-likeness (QED) is 0.887. The number of carbonyl (C=O) groups is 1. The number of rotatable bonds is 3. The lowest BCUT2D eigenvalue weighted by atomic mass is 10.3. The van der Waals surface area contributed by atoms with E-state index >= 15 is 0 Å². The molecule has 20 heavy (non-hydrogen) atoms. The van der Waals surface area contributed by atoms with E-state index in [1.54, 1.807) is 12.4 Å². The highest BCUT2D eigenvalue weighted by atomic mass is 16.5. The van der Waals surface area contributed by atoms with E-state index < -0.39 is 0 Å². The number of hydrogen-bond donors (Lipinski definition) is 1. The maximum atomic E-state index is 12.3. The zero-order valence-corrected chi connectivity index (χ0v) is 11.1. The van der Waals surface area contributed by atoms with Gasteiger partial charge in [-0.15, -0.1) is 0 Å². The smallest absolute Gasteiger partial charge is 0.272 e. The van der Waals surface area contributed by atoms with Gasteiger partial charge >= 0.3 is 0 Å². The van der Waals surface area contributed by atoms with Crippen LogP contribution >= 0.6 is 0 Å². The fourth-order valence-electron chi connectivity index (χ4n) is 2.35. The maximum absolute atomic E-state index is 12.3. The molecule has 7 heteroatoms. The van der Waals surface area contributed by atoms with E-state index in [1.165, 1.54) is 6.33 Å². The van der Waals surface area contributed by atoms with Crippen molar-refractivity contribution in [3.8, 4) is 0 Å². The molecule has 1 amide bonds. The molecule has 106 valence electrons. The average Bonchev–Trinajstić information content (AvgIpc) is 3.10. The molecular weight excluding hydrogens is 258 g/mol. The molecule has 1 fully saturated rings. The predicted molar refractivity (Wildman–Crippen MR) is 71.1 cm³/mol. The lowest BCUT2D eigenvalue weighted by Gasteiger charge is -2.23. The largest absolute Gasteiger partial charge is 0.374 e. The fraction of sp³-hybridized carbons (Fsp3) is 0.462. The van der Waals surface area contributed by atoms with E-state index in [1.807, 2.05) is 21.8 Å². The number of nitrogens with zero attached hydrogens (tertiary/aromatic N) is 4. The molecule has 0 saturated carbocycles. The van der Waals surface area contributed by atoms with Crippen LogP contribution < -0.4 is 0 Å². The molecule has 1 N–H and O–H groups in total. The van der Waals surface area contributed by atoms with Crippen molar-refractivity contribution in [3.05, 3.63) is 36.7 Å². The summed E-state index contributed by atoms with van der Waals surface area (Å²) >= 11 is 0. The molecule has 1 atom stereocenters. The van der Waals surface area contributed by atoms with E-state index in [0.717, 1.165) is 6.42 Å². The Morgan fingerprint density at radius 1 is 1.55 bits per heavy atom. The molecule has 1 aliphatic rings. The fourth-order valence-corrected chi connectivity index (χ4v) is 2.35. The van der Waals surface area contributed by atoms with Crippen molar-refractivity contribution in [2.45, 2.75) is 19.1 Å². The number of aromatic nitrogens is 4. The molecule has 0 radical (unpaired) electrons. The molecule has 1 aliphatic heterocycles. The molecule has 3 rings (SSSR count). The highest BCUT2D eigenvalue weighted by Gasteiger charge is 2.24. The van der Waals surface area contributed by atoms with E-state index in [0.29, 0.717) is 31.9 Å². The first-order chi connectivity index (χ1) is 9.83. The third-order valence-corrected chi connectivity index (χ3v) is 3.32. The Balaban J connectivity index is 1.67. The molecule has 0 aliphatic carbocycles. The number of carbonyl (C=O) groups excluding carboxylic acids is 1. The summed E-state index contributed by atoms with van der Waals surface area (Å²) in [6, 6.07) is 1.88. The van der Waals surface area contributed by atoms with Crippen LogP contribution in [0, 0.1) is 0 Å². The second kappa shape index (κ2) is 5.87. The Morgan fingerprint density at radius 3 is 3.25 bits per heavy atom. The second-order valence-corrected chi connectivity index (χ2v) is 4.79. The first-order valence-corrected chi connectivity index (χ1v) is 6.69. The van der Waals surface area contributed by atoms with E-state index in [9.17, 15) is 4.79 Å².